The van der Waals surface area contributed by atoms with E-state index in [9.17, 15) is 0 Å². The van der Waals surface area contributed by atoms with Gasteiger partial charge in [0.1, 0.15) is 0 Å². The fourth-order valence-electron chi connectivity index (χ4n) is 3.57. The Kier molecular flexibility index (Phi) is 5.93. The van der Waals surface area contributed by atoms with Gasteiger partial charge in [-0.1, -0.05) is 19.8 Å². The molecule has 0 aromatic carbocycles. The molecule has 106 valence electrons. The van der Waals surface area contributed by atoms with E-state index in [4.69, 9.17) is 4.74 Å². The number of hydrogen-bond acceptors (Lipinski definition) is 3. The molecule has 0 unspecified atom stereocenters. The van der Waals surface area contributed by atoms with E-state index in [0.29, 0.717) is 0 Å². The van der Waals surface area contributed by atoms with E-state index in [1.54, 1.807) is 7.11 Å². The minimum atomic E-state index is 0.746. The molecule has 0 aromatic rings. The molecule has 1 heterocycles. The summed E-state index contributed by atoms with van der Waals surface area (Å²) < 4.78 is 5.22. The summed E-state index contributed by atoms with van der Waals surface area (Å²) in [4.78, 5) is 5.34. The lowest BCUT2D eigenvalue weighted by atomic mass is 10.0. The van der Waals surface area contributed by atoms with E-state index in [1.807, 2.05) is 0 Å². The Morgan fingerprint density at radius 3 is 2.61 bits per heavy atom. The number of hydrogen-bond donors (Lipinski definition) is 0. The van der Waals surface area contributed by atoms with Gasteiger partial charge in [-0.05, 0) is 25.2 Å². The summed E-state index contributed by atoms with van der Waals surface area (Å²) >= 11 is 0. The molecule has 2 rings (SSSR count). The van der Waals surface area contributed by atoms with Gasteiger partial charge in [0, 0.05) is 45.9 Å². The van der Waals surface area contributed by atoms with Crippen molar-refractivity contribution in [3.05, 3.63) is 0 Å². The summed E-state index contributed by atoms with van der Waals surface area (Å²) in [6.45, 7) is 9.42. The van der Waals surface area contributed by atoms with Gasteiger partial charge in [-0.2, -0.15) is 0 Å². The quantitative estimate of drug-likeness (QED) is 0.723. The van der Waals surface area contributed by atoms with Crippen LogP contribution >= 0.6 is 0 Å². The molecular weight excluding hydrogens is 224 g/mol. The summed E-state index contributed by atoms with van der Waals surface area (Å²) in [5.74, 6) is 0.994. The zero-order valence-corrected chi connectivity index (χ0v) is 12.2. The lowest BCUT2D eigenvalue weighted by molar-refractivity contribution is 0.0435. The van der Waals surface area contributed by atoms with Crippen molar-refractivity contribution in [2.75, 3.05) is 46.4 Å². The lowest BCUT2D eigenvalue weighted by Gasteiger charge is -2.42. The van der Waals surface area contributed by atoms with Gasteiger partial charge < -0.3 is 9.64 Å². The van der Waals surface area contributed by atoms with Crippen LogP contribution in [0.2, 0.25) is 0 Å². The molecule has 0 bridgehead atoms. The summed E-state index contributed by atoms with van der Waals surface area (Å²) in [5, 5.41) is 0. The molecular formula is C15H30N2O. The molecule has 3 heteroatoms. The van der Waals surface area contributed by atoms with Crippen molar-refractivity contribution >= 4 is 0 Å². The average molecular weight is 254 g/mol. The predicted molar refractivity (Wildman–Crippen MR) is 75.9 cm³/mol. The van der Waals surface area contributed by atoms with Crippen LogP contribution in [-0.2, 0) is 4.74 Å². The maximum Gasteiger partial charge on any atom is 0.0589 e. The van der Waals surface area contributed by atoms with Crippen LogP contribution < -0.4 is 0 Å². The Balaban J connectivity index is 1.76. The molecule has 1 atom stereocenters. The van der Waals surface area contributed by atoms with Gasteiger partial charge in [0.25, 0.3) is 0 Å². The molecule has 1 saturated carbocycles. The smallest absolute Gasteiger partial charge is 0.0589 e. The highest BCUT2D eigenvalue weighted by atomic mass is 16.5. The molecule has 0 aromatic heterocycles. The third-order valence-corrected chi connectivity index (χ3v) is 4.73. The number of rotatable bonds is 6. The highest BCUT2D eigenvalue weighted by Gasteiger charge is 2.27. The summed E-state index contributed by atoms with van der Waals surface area (Å²) in [5.41, 5.74) is 0. The second kappa shape index (κ2) is 7.46. The van der Waals surface area contributed by atoms with Crippen molar-refractivity contribution in [1.29, 1.82) is 0 Å². The van der Waals surface area contributed by atoms with Gasteiger partial charge in [-0.25, -0.2) is 0 Å². The molecule has 0 spiro atoms. The lowest BCUT2D eigenvalue weighted by Crippen LogP contribution is -2.54. The van der Waals surface area contributed by atoms with Gasteiger partial charge in [-0.15, -0.1) is 0 Å². The van der Waals surface area contributed by atoms with Gasteiger partial charge in [-0.3, -0.25) is 4.90 Å². The molecule has 2 fully saturated rings. The van der Waals surface area contributed by atoms with Gasteiger partial charge in [0.15, 0.2) is 0 Å². The van der Waals surface area contributed by atoms with Crippen molar-refractivity contribution in [2.24, 2.45) is 5.92 Å². The minimum absolute atomic E-state index is 0.746. The highest BCUT2D eigenvalue weighted by molar-refractivity contribution is 4.83. The van der Waals surface area contributed by atoms with Crippen LogP contribution in [0.15, 0.2) is 0 Å². The van der Waals surface area contributed by atoms with Crippen LogP contribution in [0.5, 0.6) is 0 Å². The fraction of sp³-hybridized carbons (Fsp3) is 1.00. The van der Waals surface area contributed by atoms with Gasteiger partial charge in [0.05, 0.1) is 6.61 Å². The maximum atomic E-state index is 5.22. The average Bonchev–Trinajstić information content (AvgIpc) is 2.90. The first-order valence-corrected chi connectivity index (χ1v) is 7.78. The Bertz CT molecular complexity index is 229. The molecule has 1 aliphatic carbocycles. The Labute approximate surface area is 112 Å². The number of piperazine rings is 1. The topological polar surface area (TPSA) is 15.7 Å². The molecule has 1 aliphatic heterocycles. The molecule has 2 aliphatic rings. The van der Waals surface area contributed by atoms with Crippen LogP contribution in [0.25, 0.3) is 0 Å². The van der Waals surface area contributed by atoms with E-state index in [0.717, 1.165) is 25.1 Å². The van der Waals surface area contributed by atoms with E-state index >= 15 is 0 Å². The van der Waals surface area contributed by atoms with Crippen molar-refractivity contribution in [3.63, 3.8) is 0 Å². The number of methoxy groups -OCH3 is 1. The van der Waals surface area contributed by atoms with E-state index in [1.165, 1.54) is 58.3 Å². The summed E-state index contributed by atoms with van der Waals surface area (Å²) in [7, 11) is 1.80. The number of ether oxygens (including phenoxy) is 1. The molecule has 0 N–H and O–H groups in total. The third-order valence-electron chi connectivity index (χ3n) is 4.73. The normalized spacial score (nSPS) is 28.0. The molecule has 0 amide bonds. The van der Waals surface area contributed by atoms with Crippen LogP contribution in [-0.4, -0.2) is 62.3 Å². The maximum absolute atomic E-state index is 5.22. The second-order valence-electron chi connectivity index (χ2n) is 6.00. The van der Waals surface area contributed by atoms with Crippen molar-refractivity contribution in [2.45, 2.75) is 45.1 Å². The van der Waals surface area contributed by atoms with E-state index in [-0.39, 0.29) is 0 Å². The first kappa shape index (κ1) is 14.3. The van der Waals surface area contributed by atoms with Crippen molar-refractivity contribution < 1.29 is 4.74 Å². The Morgan fingerprint density at radius 1 is 1.17 bits per heavy atom. The standard InChI is InChI=1S/C15H30N2O/c1-3-15-13-16(12-14-6-4-5-7-14)8-9-17(15)10-11-18-2/h14-15H,3-13H2,1-2H3/t15-/m0/s1. The SMILES string of the molecule is CC[C@H]1CN(CC2CCCC2)CCN1CCOC. The zero-order chi connectivity index (χ0) is 12.8. The highest BCUT2D eigenvalue weighted by Crippen LogP contribution is 2.26. The Hall–Kier alpha value is -0.120. The summed E-state index contributed by atoms with van der Waals surface area (Å²) in [6, 6.07) is 0.746. The van der Waals surface area contributed by atoms with Crippen molar-refractivity contribution in [1.82, 2.24) is 9.80 Å². The number of nitrogens with zero attached hydrogens (tertiary/aromatic N) is 2. The molecule has 3 nitrogen and oxygen atoms in total. The zero-order valence-electron chi connectivity index (χ0n) is 12.2. The second-order valence-corrected chi connectivity index (χ2v) is 6.00. The largest absolute Gasteiger partial charge is 0.383 e. The first-order valence-electron chi connectivity index (χ1n) is 7.78. The molecule has 1 saturated heterocycles. The van der Waals surface area contributed by atoms with E-state index < -0.39 is 0 Å². The third kappa shape index (κ3) is 3.94. The first-order chi connectivity index (χ1) is 8.83. The van der Waals surface area contributed by atoms with Crippen LogP contribution in [0.4, 0.5) is 0 Å². The monoisotopic (exact) mass is 254 g/mol. The summed E-state index contributed by atoms with van der Waals surface area (Å²) in [6.07, 6.45) is 7.15. The van der Waals surface area contributed by atoms with Crippen molar-refractivity contribution in [3.8, 4) is 0 Å². The van der Waals surface area contributed by atoms with E-state index in [2.05, 4.69) is 16.7 Å². The Morgan fingerprint density at radius 2 is 1.94 bits per heavy atom. The van der Waals surface area contributed by atoms with Crippen LogP contribution in [0.1, 0.15) is 39.0 Å². The molecule has 18 heavy (non-hydrogen) atoms. The minimum Gasteiger partial charge on any atom is -0.383 e. The fourth-order valence-corrected chi connectivity index (χ4v) is 3.57. The predicted octanol–water partition coefficient (Wildman–Crippen LogP) is 2.22. The van der Waals surface area contributed by atoms with Crippen LogP contribution in [0, 0.1) is 5.92 Å². The molecule has 0 radical (unpaired) electrons. The van der Waals surface area contributed by atoms with Crippen LogP contribution in [0.3, 0.4) is 0 Å². The van der Waals surface area contributed by atoms with Gasteiger partial charge in [0.2, 0.25) is 0 Å². The van der Waals surface area contributed by atoms with Gasteiger partial charge >= 0.3 is 0 Å².